The Balaban J connectivity index is 1.19. The number of furan rings is 1. The van der Waals surface area contributed by atoms with E-state index in [0.29, 0.717) is 5.82 Å². The Morgan fingerprint density at radius 3 is 1.44 bits per heavy atom. The average Bonchev–Trinajstić information content (AvgIpc) is 3.67. The molecule has 0 amide bonds. The zero-order valence-corrected chi connectivity index (χ0v) is 29.8. The van der Waals surface area contributed by atoms with Crippen molar-refractivity contribution in [2.45, 2.75) is 0 Å². The number of aromatic nitrogens is 3. The van der Waals surface area contributed by atoms with Crippen molar-refractivity contribution < 1.29 is 4.42 Å². The van der Waals surface area contributed by atoms with E-state index in [1.807, 2.05) is 48.7 Å². The Hall–Kier alpha value is -7.43. The van der Waals surface area contributed by atoms with Gasteiger partial charge in [0.15, 0.2) is 5.82 Å². The van der Waals surface area contributed by atoms with E-state index < -0.39 is 0 Å². The molecule has 55 heavy (non-hydrogen) atoms. The lowest BCUT2D eigenvalue weighted by molar-refractivity contribution is 0.671. The third-order valence-electron chi connectivity index (χ3n) is 10.1. The van der Waals surface area contributed by atoms with Crippen LogP contribution in [0.2, 0.25) is 0 Å². The quantitative estimate of drug-likeness (QED) is 0.166. The van der Waals surface area contributed by atoms with Crippen LogP contribution in [-0.4, -0.2) is 15.0 Å². The first kappa shape index (κ1) is 32.2. The first-order chi connectivity index (χ1) is 27.3. The van der Waals surface area contributed by atoms with Gasteiger partial charge in [-0.2, -0.15) is 0 Å². The normalized spacial score (nSPS) is 11.3. The SMILES string of the molecule is c1ccc(-c2cc(-c3ccccc3)cc(-c3cc(-c4cccnc4-c4cccc5c4oc4c(-c6ccccc6)cccc45)nc(-c4ccccc4)n3)c2)cc1. The summed E-state index contributed by atoms with van der Waals surface area (Å²) < 4.78 is 6.84. The van der Waals surface area contributed by atoms with Crippen LogP contribution in [0.3, 0.4) is 0 Å². The van der Waals surface area contributed by atoms with Gasteiger partial charge < -0.3 is 4.42 Å². The highest BCUT2D eigenvalue weighted by Gasteiger charge is 2.20. The van der Waals surface area contributed by atoms with Gasteiger partial charge in [-0.15, -0.1) is 0 Å². The standard InChI is InChI=1S/C51H33N3O/c1-5-16-34(17-6-1)38-30-39(35-18-7-2-8-19-35)32-40(31-38)46-33-47(54-51(53-46)37-22-11-4-12-23-37)44-28-15-29-52-48(44)45-27-14-26-43-42-25-13-24-41(49(42)55-50(43)45)36-20-9-3-10-21-36/h1-33H. The van der Waals surface area contributed by atoms with Gasteiger partial charge in [0.2, 0.25) is 0 Å². The number of rotatable bonds is 7. The van der Waals surface area contributed by atoms with E-state index in [4.69, 9.17) is 19.4 Å². The zero-order valence-electron chi connectivity index (χ0n) is 29.8. The van der Waals surface area contributed by atoms with Crippen molar-refractivity contribution in [2.75, 3.05) is 0 Å². The summed E-state index contributed by atoms with van der Waals surface area (Å²) >= 11 is 0. The van der Waals surface area contributed by atoms with Crippen molar-refractivity contribution in [3.05, 3.63) is 200 Å². The van der Waals surface area contributed by atoms with Crippen LogP contribution in [0, 0.1) is 0 Å². The maximum atomic E-state index is 6.84. The summed E-state index contributed by atoms with van der Waals surface area (Å²) in [6, 6.07) is 67.1. The molecule has 10 aromatic rings. The van der Waals surface area contributed by atoms with Crippen molar-refractivity contribution >= 4 is 21.9 Å². The van der Waals surface area contributed by atoms with Crippen molar-refractivity contribution in [3.8, 4) is 78.5 Å². The van der Waals surface area contributed by atoms with E-state index in [9.17, 15) is 0 Å². The van der Waals surface area contributed by atoms with Crippen molar-refractivity contribution in [1.82, 2.24) is 15.0 Å². The predicted octanol–water partition coefficient (Wildman–Crippen LogP) is 13.4. The fraction of sp³-hybridized carbons (Fsp3) is 0. The second kappa shape index (κ2) is 13.8. The van der Waals surface area contributed by atoms with E-state index in [0.717, 1.165) is 94.7 Å². The molecule has 0 aliphatic carbocycles. The fourth-order valence-electron chi connectivity index (χ4n) is 7.50. The number of nitrogens with zero attached hydrogens (tertiary/aromatic N) is 3. The van der Waals surface area contributed by atoms with Gasteiger partial charge in [-0.25, -0.2) is 9.97 Å². The van der Waals surface area contributed by atoms with Crippen molar-refractivity contribution in [3.63, 3.8) is 0 Å². The lowest BCUT2D eigenvalue weighted by atomic mass is 9.94. The summed E-state index contributed by atoms with van der Waals surface area (Å²) in [6.45, 7) is 0. The molecule has 0 aliphatic heterocycles. The van der Waals surface area contributed by atoms with Gasteiger partial charge >= 0.3 is 0 Å². The van der Waals surface area contributed by atoms with E-state index in [1.165, 1.54) is 0 Å². The Morgan fingerprint density at radius 1 is 0.327 bits per heavy atom. The molecule has 0 saturated carbocycles. The van der Waals surface area contributed by atoms with E-state index >= 15 is 0 Å². The van der Waals surface area contributed by atoms with Crippen LogP contribution in [0.4, 0.5) is 0 Å². The molecule has 0 atom stereocenters. The van der Waals surface area contributed by atoms with E-state index in [2.05, 4.69) is 152 Å². The van der Waals surface area contributed by atoms with E-state index in [-0.39, 0.29) is 0 Å². The summed E-state index contributed by atoms with van der Waals surface area (Å²) in [5.41, 5.74) is 14.5. The maximum absolute atomic E-state index is 6.84. The summed E-state index contributed by atoms with van der Waals surface area (Å²) in [4.78, 5) is 15.5. The molecular weight excluding hydrogens is 671 g/mol. The predicted molar refractivity (Wildman–Crippen MR) is 225 cm³/mol. The number of benzene rings is 7. The number of fused-ring (bicyclic) bond motifs is 3. The summed E-state index contributed by atoms with van der Waals surface area (Å²) in [6.07, 6.45) is 1.84. The van der Waals surface area contributed by atoms with Crippen LogP contribution >= 0.6 is 0 Å². The highest BCUT2D eigenvalue weighted by molar-refractivity contribution is 6.13. The molecule has 0 N–H and O–H groups in total. The molecule has 0 saturated heterocycles. The average molecular weight is 704 g/mol. The minimum Gasteiger partial charge on any atom is -0.455 e. The second-order valence-electron chi connectivity index (χ2n) is 13.6. The lowest BCUT2D eigenvalue weighted by Crippen LogP contribution is -1.98. The molecule has 258 valence electrons. The molecule has 0 bridgehead atoms. The Bertz CT molecular complexity index is 2900. The molecule has 4 nitrogen and oxygen atoms in total. The first-order valence-corrected chi connectivity index (χ1v) is 18.4. The Labute approximate surface area is 319 Å². The molecule has 10 rings (SSSR count). The Morgan fingerprint density at radius 2 is 0.818 bits per heavy atom. The highest BCUT2D eigenvalue weighted by Crippen LogP contribution is 2.42. The largest absolute Gasteiger partial charge is 0.455 e. The third kappa shape index (κ3) is 6.06. The van der Waals surface area contributed by atoms with Gasteiger partial charge in [0.05, 0.1) is 17.1 Å². The highest BCUT2D eigenvalue weighted by atomic mass is 16.3. The van der Waals surface area contributed by atoms with Crippen LogP contribution in [0.5, 0.6) is 0 Å². The van der Waals surface area contributed by atoms with Crippen molar-refractivity contribution in [2.24, 2.45) is 0 Å². The molecule has 3 heterocycles. The fourth-order valence-corrected chi connectivity index (χ4v) is 7.50. The van der Waals surface area contributed by atoms with Gasteiger partial charge in [-0.1, -0.05) is 152 Å². The minimum atomic E-state index is 0.642. The monoisotopic (exact) mass is 703 g/mol. The maximum Gasteiger partial charge on any atom is 0.160 e. The van der Waals surface area contributed by atoms with Gasteiger partial charge in [0.25, 0.3) is 0 Å². The van der Waals surface area contributed by atoms with Crippen LogP contribution < -0.4 is 0 Å². The van der Waals surface area contributed by atoms with Crippen LogP contribution in [0.25, 0.3) is 100 Å². The lowest BCUT2D eigenvalue weighted by Gasteiger charge is -2.14. The second-order valence-corrected chi connectivity index (χ2v) is 13.6. The van der Waals surface area contributed by atoms with E-state index in [1.54, 1.807) is 0 Å². The Kier molecular flexibility index (Phi) is 8.12. The number of hydrogen-bond donors (Lipinski definition) is 0. The molecule has 3 aromatic heterocycles. The molecule has 0 aliphatic rings. The van der Waals surface area contributed by atoms with Crippen LogP contribution in [0.1, 0.15) is 0 Å². The van der Waals surface area contributed by atoms with Crippen LogP contribution in [0.15, 0.2) is 205 Å². The topological polar surface area (TPSA) is 51.8 Å². The summed E-state index contributed by atoms with van der Waals surface area (Å²) in [5, 5.41) is 2.11. The van der Waals surface area contributed by atoms with Gasteiger partial charge in [0, 0.05) is 44.8 Å². The molecule has 0 radical (unpaired) electrons. The summed E-state index contributed by atoms with van der Waals surface area (Å²) in [5.74, 6) is 0.642. The third-order valence-corrected chi connectivity index (χ3v) is 10.1. The number of pyridine rings is 1. The molecule has 0 spiro atoms. The molecule has 7 aromatic carbocycles. The van der Waals surface area contributed by atoms with Gasteiger partial charge in [0.1, 0.15) is 11.2 Å². The van der Waals surface area contributed by atoms with Gasteiger partial charge in [-0.05, 0) is 70.3 Å². The zero-order chi connectivity index (χ0) is 36.6. The summed E-state index contributed by atoms with van der Waals surface area (Å²) in [7, 11) is 0. The van der Waals surface area contributed by atoms with Crippen LogP contribution in [-0.2, 0) is 0 Å². The molecule has 0 unspecified atom stereocenters. The first-order valence-electron chi connectivity index (χ1n) is 18.4. The molecular formula is C51H33N3O. The van der Waals surface area contributed by atoms with Gasteiger partial charge in [-0.3, -0.25) is 4.98 Å². The minimum absolute atomic E-state index is 0.642. The smallest absolute Gasteiger partial charge is 0.160 e. The number of para-hydroxylation sites is 2. The molecule has 4 heteroatoms. The number of hydrogen-bond acceptors (Lipinski definition) is 4. The van der Waals surface area contributed by atoms with Crippen molar-refractivity contribution in [1.29, 1.82) is 0 Å². The molecule has 0 fully saturated rings.